The minimum absolute atomic E-state index is 0.108. The van der Waals surface area contributed by atoms with Gasteiger partial charge < -0.3 is 13.7 Å². The predicted molar refractivity (Wildman–Crippen MR) is 87.1 cm³/mol. The van der Waals surface area contributed by atoms with Crippen LogP contribution in [0.3, 0.4) is 0 Å². The number of likely N-dealkylation sites (tertiary alicyclic amines) is 1. The van der Waals surface area contributed by atoms with Crippen molar-refractivity contribution in [3.05, 3.63) is 47.8 Å². The highest BCUT2D eigenvalue weighted by Crippen LogP contribution is 2.26. The SMILES string of the molecule is C[C@H](c1ccc(C(=O)N(C)Cc2ccoc2)o1)N1CCCCC1. The fourth-order valence-corrected chi connectivity index (χ4v) is 3.09. The van der Waals surface area contributed by atoms with E-state index in [1.54, 1.807) is 30.5 Å². The maximum absolute atomic E-state index is 12.5. The Morgan fingerprint density at radius 2 is 2.04 bits per heavy atom. The summed E-state index contributed by atoms with van der Waals surface area (Å²) in [5.41, 5.74) is 0.967. The molecule has 124 valence electrons. The highest BCUT2D eigenvalue weighted by atomic mass is 16.4. The van der Waals surface area contributed by atoms with Crippen LogP contribution in [0.25, 0.3) is 0 Å². The van der Waals surface area contributed by atoms with Crippen molar-refractivity contribution in [2.45, 2.75) is 38.8 Å². The average Bonchev–Trinajstić information content (AvgIpc) is 3.26. The molecule has 2 aromatic rings. The van der Waals surface area contributed by atoms with Crippen molar-refractivity contribution in [1.82, 2.24) is 9.80 Å². The molecule has 0 spiro atoms. The number of hydrogen-bond donors (Lipinski definition) is 0. The maximum Gasteiger partial charge on any atom is 0.289 e. The molecule has 1 aliphatic rings. The minimum Gasteiger partial charge on any atom is -0.472 e. The zero-order valence-corrected chi connectivity index (χ0v) is 13.8. The third-order valence-electron chi connectivity index (χ3n) is 4.53. The molecule has 0 radical (unpaired) electrons. The quantitative estimate of drug-likeness (QED) is 0.844. The van der Waals surface area contributed by atoms with Crippen LogP contribution >= 0.6 is 0 Å². The van der Waals surface area contributed by atoms with Gasteiger partial charge in [0.05, 0.1) is 18.6 Å². The first-order chi connectivity index (χ1) is 11.1. The summed E-state index contributed by atoms with van der Waals surface area (Å²) in [6.45, 7) is 4.86. The van der Waals surface area contributed by atoms with Crippen LogP contribution in [0.1, 0.15) is 54.1 Å². The van der Waals surface area contributed by atoms with Crippen molar-refractivity contribution in [2.24, 2.45) is 0 Å². The fourth-order valence-electron chi connectivity index (χ4n) is 3.09. The lowest BCUT2D eigenvalue weighted by atomic mass is 10.1. The van der Waals surface area contributed by atoms with E-state index < -0.39 is 0 Å². The molecule has 23 heavy (non-hydrogen) atoms. The summed E-state index contributed by atoms with van der Waals surface area (Å²) in [4.78, 5) is 16.5. The molecule has 1 atom stereocenters. The van der Waals surface area contributed by atoms with E-state index in [1.807, 2.05) is 12.1 Å². The summed E-state index contributed by atoms with van der Waals surface area (Å²) >= 11 is 0. The van der Waals surface area contributed by atoms with E-state index in [-0.39, 0.29) is 11.9 Å². The zero-order valence-electron chi connectivity index (χ0n) is 13.8. The molecule has 1 amide bonds. The average molecular weight is 316 g/mol. The molecule has 5 heteroatoms. The van der Waals surface area contributed by atoms with Crippen LogP contribution < -0.4 is 0 Å². The molecule has 0 N–H and O–H groups in total. The van der Waals surface area contributed by atoms with Crippen molar-refractivity contribution < 1.29 is 13.6 Å². The van der Waals surface area contributed by atoms with Gasteiger partial charge in [0.1, 0.15) is 5.76 Å². The number of carbonyl (C=O) groups is 1. The lowest BCUT2D eigenvalue weighted by Crippen LogP contribution is -2.32. The normalized spacial score (nSPS) is 17.1. The molecule has 0 aromatic carbocycles. The molecule has 3 rings (SSSR count). The number of piperidine rings is 1. The third kappa shape index (κ3) is 3.67. The van der Waals surface area contributed by atoms with Crippen LogP contribution in [-0.4, -0.2) is 35.8 Å². The van der Waals surface area contributed by atoms with Crippen LogP contribution in [-0.2, 0) is 6.54 Å². The summed E-state index contributed by atoms with van der Waals surface area (Å²) in [5, 5.41) is 0. The van der Waals surface area contributed by atoms with E-state index in [0.717, 1.165) is 24.4 Å². The Morgan fingerprint density at radius 1 is 1.26 bits per heavy atom. The van der Waals surface area contributed by atoms with Gasteiger partial charge in [0.25, 0.3) is 5.91 Å². The zero-order chi connectivity index (χ0) is 16.2. The summed E-state index contributed by atoms with van der Waals surface area (Å²) in [5.74, 6) is 1.16. The number of furan rings is 2. The van der Waals surface area contributed by atoms with Crippen molar-refractivity contribution in [2.75, 3.05) is 20.1 Å². The Morgan fingerprint density at radius 3 is 2.74 bits per heavy atom. The van der Waals surface area contributed by atoms with Crippen molar-refractivity contribution in [1.29, 1.82) is 0 Å². The largest absolute Gasteiger partial charge is 0.472 e. The number of nitrogens with zero attached hydrogens (tertiary/aromatic N) is 2. The summed E-state index contributed by atoms with van der Waals surface area (Å²) < 4.78 is 10.9. The van der Waals surface area contributed by atoms with E-state index >= 15 is 0 Å². The van der Waals surface area contributed by atoms with Crippen LogP contribution in [0.5, 0.6) is 0 Å². The number of rotatable bonds is 5. The Kier molecular flexibility index (Phi) is 4.86. The molecule has 0 aliphatic carbocycles. The molecule has 2 aromatic heterocycles. The first kappa shape index (κ1) is 15.9. The van der Waals surface area contributed by atoms with E-state index in [9.17, 15) is 4.79 Å². The van der Waals surface area contributed by atoms with Gasteiger partial charge in [-0.15, -0.1) is 0 Å². The highest BCUT2D eigenvalue weighted by Gasteiger charge is 2.23. The number of amides is 1. The molecule has 0 bridgehead atoms. The Labute approximate surface area is 136 Å². The van der Waals surface area contributed by atoms with E-state index in [4.69, 9.17) is 8.83 Å². The molecule has 1 saturated heterocycles. The number of hydrogen-bond acceptors (Lipinski definition) is 4. The molecular formula is C18H24N2O3. The molecule has 0 saturated carbocycles. The summed E-state index contributed by atoms with van der Waals surface area (Å²) in [6.07, 6.45) is 7.05. The standard InChI is InChI=1S/C18H24N2O3/c1-14(20-9-4-3-5-10-20)16-6-7-17(23-16)18(21)19(2)12-15-8-11-22-13-15/h6-8,11,13-14H,3-5,9-10,12H2,1-2H3/t14-/m1/s1. The molecule has 1 aliphatic heterocycles. The van der Waals surface area contributed by atoms with E-state index in [2.05, 4.69) is 11.8 Å². The molecule has 1 fully saturated rings. The van der Waals surface area contributed by atoms with Gasteiger partial charge in [0.15, 0.2) is 5.76 Å². The minimum atomic E-state index is -0.108. The molecule has 0 unspecified atom stereocenters. The van der Waals surface area contributed by atoms with Gasteiger partial charge in [0, 0.05) is 19.2 Å². The third-order valence-corrected chi connectivity index (χ3v) is 4.53. The Balaban J connectivity index is 1.64. The predicted octanol–water partition coefficient (Wildman–Crippen LogP) is 3.69. The summed E-state index contributed by atoms with van der Waals surface area (Å²) in [7, 11) is 1.77. The smallest absolute Gasteiger partial charge is 0.289 e. The fraction of sp³-hybridized carbons (Fsp3) is 0.500. The van der Waals surface area contributed by atoms with Gasteiger partial charge in [-0.05, 0) is 51.1 Å². The first-order valence-corrected chi connectivity index (χ1v) is 8.25. The van der Waals surface area contributed by atoms with Crippen LogP contribution in [0.2, 0.25) is 0 Å². The number of carbonyl (C=O) groups excluding carboxylic acids is 1. The monoisotopic (exact) mass is 316 g/mol. The van der Waals surface area contributed by atoms with Crippen molar-refractivity contribution in [3.63, 3.8) is 0 Å². The lowest BCUT2D eigenvalue weighted by molar-refractivity contribution is 0.0745. The van der Waals surface area contributed by atoms with Crippen LogP contribution in [0, 0.1) is 0 Å². The Hall–Kier alpha value is -2.01. The maximum atomic E-state index is 12.5. The van der Waals surface area contributed by atoms with Gasteiger partial charge in [-0.25, -0.2) is 0 Å². The van der Waals surface area contributed by atoms with Gasteiger partial charge in [0.2, 0.25) is 0 Å². The summed E-state index contributed by atoms with van der Waals surface area (Å²) in [6, 6.07) is 5.79. The molecule has 3 heterocycles. The first-order valence-electron chi connectivity index (χ1n) is 8.25. The van der Waals surface area contributed by atoms with Gasteiger partial charge in [-0.1, -0.05) is 6.42 Å². The second kappa shape index (κ2) is 7.04. The van der Waals surface area contributed by atoms with E-state index in [1.165, 1.54) is 19.3 Å². The van der Waals surface area contributed by atoms with Gasteiger partial charge in [-0.3, -0.25) is 9.69 Å². The van der Waals surface area contributed by atoms with Crippen molar-refractivity contribution >= 4 is 5.91 Å². The molecular weight excluding hydrogens is 292 g/mol. The highest BCUT2D eigenvalue weighted by molar-refractivity contribution is 5.91. The van der Waals surface area contributed by atoms with E-state index in [0.29, 0.717) is 12.3 Å². The van der Waals surface area contributed by atoms with Crippen molar-refractivity contribution in [3.8, 4) is 0 Å². The Bertz CT molecular complexity index is 626. The second-order valence-electron chi connectivity index (χ2n) is 6.27. The molecule has 5 nitrogen and oxygen atoms in total. The van der Waals surface area contributed by atoms with Gasteiger partial charge in [-0.2, -0.15) is 0 Å². The van der Waals surface area contributed by atoms with Crippen LogP contribution in [0.4, 0.5) is 0 Å². The topological polar surface area (TPSA) is 49.8 Å². The lowest BCUT2D eigenvalue weighted by Gasteiger charge is -2.31. The van der Waals surface area contributed by atoms with Crippen LogP contribution in [0.15, 0.2) is 39.6 Å². The second-order valence-corrected chi connectivity index (χ2v) is 6.27. The van der Waals surface area contributed by atoms with Gasteiger partial charge >= 0.3 is 0 Å².